The molecule has 1 aliphatic carbocycles. The maximum atomic E-state index is 13.3. The monoisotopic (exact) mass is 516 g/mol. The zero-order valence-corrected chi connectivity index (χ0v) is 21.4. The Hall–Kier alpha value is -3.20. The van der Waals surface area contributed by atoms with Crippen molar-refractivity contribution in [1.82, 2.24) is 20.2 Å². The fraction of sp³-hybridized carbons (Fsp3) is 0.500. The SMILES string of the molecule is CCCC[C@@H](C(=O)C(=O)N[C@H](C)c1ccccc1)N(CC1(COc2ccnc(Cl)n2)CCC1)C(=O)O. The lowest BCUT2D eigenvalue weighted by molar-refractivity contribution is -0.141. The number of aromatic nitrogens is 2. The first kappa shape index (κ1) is 27.4. The van der Waals surface area contributed by atoms with Gasteiger partial charge in [0.25, 0.3) is 5.91 Å². The molecule has 2 N–H and O–H groups in total. The van der Waals surface area contributed by atoms with Gasteiger partial charge in [-0.3, -0.25) is 14.5 Å². The maximum absolute atomic E-state index is 13.3. The topological polar surface area (TPSA) is 122 Å². The number of unbranched alkanes of at least 4 members (excludes halogenated alkanes) is 1. The molecule has 36 heavy (non-hydrogen) atoms. The van der Waals surface area contributed by atoms with Crippen LogP contribution < -0.4 is 10.1 Å². The summed E-state index contributed by atoms with van der Waals surface area (Å²) in [7, 11) is 0. The largest absolute Gasteiger partial charge is 0.477 e. The van der Waals surface area contributed by atoms with Gasteiger partial charge in [0.2, 0.25) is 16.9 Å². The Morgan fingerprint density at radius 1 is 1.22 bits per heavy atom. The van der Waals surface area contributed by atoms with Crippen molar-refractivity contribution in [2.24, 2.45) is 5.41 Å². The van der Waals surface area contributed by atoms with Crippen molar-refractivity contribution in [3.05, 3.63) is 53.4 Å². The Bertz CT molecular complexity index is 1050. The minimum atomic E-state index is -1.23. The van der Waals surface area contributed by atoms with E-state index in [0.29, 0.717) is 12.3 Å². The maximum Gasteiger partial charge on any atom is 0.407 e. The predicted octanol–water partition coefficient (Wildman–Crippen LogP) is 4.66. The summed E-state index contributed by atoms with van der Waals surface area (Å²) in [6.45, 7) is 4.05. The highest BCUT2D eigenvalue weighted by atomic mass is 35.5. The van der Waals surface area contributed by atoms with Gasteiger partial charge in [0.15, 0.2) is 0 Å². The first-order valence-electron chi connectivity index (χ1n) is 12.3. The number of carboxylic acid groups (broad SMARTS) is 1. The molecular formula is C26H33ClN4O5. The van der Waals surface area contributed by atoms with Gasteiger partial charge in [0.1, 0.15) is 6.04 Å². The van der Waals surface area contributed by atoms with Crippen molar-refractivity contribution in [3.8, 4) is 5.88 Å². The number of nitrogens with one attached hydrogen (secondary N) is 1. The molecule has 1 aliphatic rings. The van der Waals surface area contributed by atoms with Gasteiger partial charge in [-0.1, -0.05) is 56.5 Å². The third kappa shape index (κ3) is 7.16. The van der Waals surface area contributed by atoms with Gasteiger partial charge >= 0.3 is 6.09 Å². The van der Waals surface area contributed by atoms with Crippen LogP contribution in [0.1, 0.15) is 64.0 Å². The molecule has 2 atom stereocenters. The highest BCUT2D eigenvalue weighted by Crippen LogP contribution is 2.42. The molecule has 0 aliphatic heterocycles. The number of hydrogen-bond donors (Lipinski definition) is 2. The predicted molar refractivity (Wildman–Crippen MR) is 135 cm³/mol. The number of ether oxygens (including phenoxy) is 1. The second kappa shape index (κ2) is 12.7. The van der Waals surface area contributed by atoms with Crippen LogP contribution in [0.2, 0.25) is 5.28 Å². The molecule has 1 heterocycles. The average Bonchev–Trinajstić information content (AvgIpc) is 2.84. The molecule has 1 fully saturated rings. The number of rotatable bonds is 13. The lowest BCUT2D eigenvalue weighted by Gasteiger charge is -2.45. The van der Waals surface area contributed by atoms with Crippen LogP contribution in [-0.2, 0) is 9.59 Å². The highest BCUT2D eigenvalue weighted by molar-refractivity contribution is 6.38. The van der Waals surface area contributed by atoms with Crippen LogP contribution in [0.15, 0.2) is 42.6 Å². The number of halogens is 1. The fourth-order valence-electron chi connectivity index (χ4n) is 4.39. The first-order chi connectivity index (χ1) is 17.2. The third-order valence-corrected chi connectivity index (χ3v) is 6.86. The van der Waals surface area contributed by atoms with E-state index < -0.39 is 29.2 Å². The van der Waals surface area contributed by atoms with Crippen molar-refractivity contribution >= 4 is 29.4 Å². The molecule has 1 aromatic heterocycles. The number of hydrogen-bond acceptors (Lipinski definition) is 6. The lowest BCUT2D eigenvalue weighted by Crippen LogP contribution is -2.55. The molecule has 1 saturated carbocycles. The number of nitrogens with zero attached hydrogens (tertiary/aromatic N) is 3. The van der Waals surface area contributed by atoms with Crippen LogP contribution in [0.3, 0.4) is 0 Å². The van der Waals surface area contributed by atoms with Gasteiger partial charge in [-0.2, -0.15) is 4.98 Å². The quantitative estimate of drug-likeness (QED) is 0.293. The summed E-state index contributed by atoms with van der Waals surface area (Å²) < 4.78 is 5.83. The van der Waals surface area contributed by atoms with Crippen molar-refractivity contribution in [2.45, 2.75) is 64.5 Å². The van der Waals surface area contributed by atoms with Gasteiger partial charge in [-0.05, 0) is 43.4 Å². The fourth-order valence-corrected chi connectivity index (χ4v) is 4.53. The van der Waals surface area contributed by atoms with Crippen molar-refractivity contribution in [2.75, 3.05) is 13.2 Å². The molecule has 2 aromatic rings. The summed E-state index contributed by atoms with van der Waals surface area (Å²) in [4.78, 5) is 47.6. The van der Waals surface area contributed by atoms with Crippen LogP contribution in [0.4, 0.5) is 4.79 Å². The molecule has 0 spiro atoms. The molecule has 0 unspecified atom stereocenters. The van der Waals surface area contributed by atoms with Crippen LogP contribution in [0, 0.1) is 5.41 Å². The summed E-state index contributed by atoms with van der Waals surface area (Å²) in [5.74, 6) is -1.23. The Balaban J connectivity index is 1.74. The van der Waals surface area contributed by atoms with Gasteiger partial charge in [-0.25, -0.2) is 9.78 Å². The molecule has 9 nitrogen and oxygen atoms in total. The Morgan fingerprint density at radius 3 is 2.53 bits per heavy atom. The minimum absolute atomic E-state index is 0.0586. The zero-order valence-electron chi connectivity index (χ0n) is 20.7. The van der Waals surface area contributed by atoms with E-state index in [1.165, 1.54) is 6.20 Å². The van der Waals surface area contributed by atoms with Crippen molar-refractivity contribution in [1.29, 1.82) is 0 Å². The van der Waals surface area contributed by atoms with E-state index in [4.69, 9.17) is 16.3 Å². The van der Waals surface area contributed by atoms with Crippen molar-refractivity contribution in [3.63, 3.8) is 0 Å². The van der Waals surface area contributed by atoms with E-state index in [0.717, 1.165) is 36.1 Å². The van der Waals surface area contributed by atoms with Crippen LogP contribution in [-0.4, -0.2) is 57.0 Å². The molecule has 1 aromatic carbocycles. The molecule has 0 bridgehead atoms. The van der Waals surface area contributed by atoms with Gasteiger partial charge < -0.3 is 15.2 Å². The Morgan fingerprint density at radius 2 is 1.94 bits per heavy atom. The molecule has 3 rings (SSSR count). The highest BCUT2D eigenvalue weighted by Gasteiger charge is 2.44. The lowest BCUT2D eigenvalue weighted by atomic mass is 9.68. The summed E-state index contributed by atoms with van der Waals surface area (Å²) in [6.07, 6.45) is 4.30. The van der Waals surface area contributed by atoms with Crippen LogP contribution in [0.5, 0.6) is 5.88 Å². The summed E-state index contributed by atoms with van der Waals surface area (Å²) in [6, 6.07) is 9.41. The number of ketones is 1. The summed E-state index contributed by atoms with van der Waals surface area (Å²) >= 11 is 5.83. The minimum Gasteiger partial charge on any atom is -0.477 e. The first-order valence-corrected chi connectivity index (χ1v) is 12.6. The normalized spacial score (nSPS) is 15.8. The number of carbonyl (C=O) groups is 3. The van der Waals surface area contributed by atoms with E-state index in [-0.39, 0.29) is 30.9 Å². The molecular weight excluding hydrogens is 484 g/mol. The zero-order chi connectivity index (χ0) is 26.1. The van der Waals surface area contributed by atoms with Gasteiger partial charge in [0, 0.05) is 24.2 Å². The van der Waals surface area contributed by atoms with Crippen LogP contribution >= 0.6 is 11.6 Å². The van der Waals surface area contributed by atoms with Crippen LogP contribution in [0.25, 0.3) is 0 Å². The Labute approximate surface area is 216 Å². The van der Waals surface area contributed by atoms with E-state index in [9.17, 15) is 19.5 Å². The molecule has 10 heteroatoms. The molecule has 0 radical (unpaired) electrons. The number of carbonyl (C=O) groups excluding carboxylic acids is 2. The number of amides is 2. The van der Waals surface area contributed by atoms with E-state index >= 15 is 0 Å². The second-order valence-corrected chi connectivity index (χ2v) is 9.68. The molecule has 0 saturated heterocycles. The molecule has 2 amide bonds. The average molecular weight is 517 g/mol. The summed E-state index contributed by atoms with van der Waals surface area (Å²) in [5, 5.41) is 12.9. The van der Waals surface area contributed by atoms with E-state index in [1.54, 1.807) is 13.0 Å². The summed E-state index contributed by atoms with van der Waals surface area (Å²) in [5.41, 5.74) is 0.378. The van der Waals surface area contributed by atoms with Crippen molar-refractivity contribution < 1.29 is 24.2 Å². The number of Topliss-reactive ketones (excluding diaryl/α,β-unsaturated/α-hetero) is 1. The molecule has 194 valence electrons. The Kier molecular flexibility index (Phi) is 9.64. The second-order valence-electron chi connectivity index (χ2n) is 9.34. The van der Waals surface area contributed by atoms with E-state index in [2.05, 4.69) is 15.3 Å². The van der Waals surface area contributed by atoms with Gasteiger partial charge in [0.05, 0.1) is 12.6 Å². The van der Waals surface area contributed by atoms with Gasteiger partial charge in [-0.15, -0.1) is 0 Å². The number of benzene rings is 1. The third-order valence-electron chi connectivity index (χ3n) is 6.67. The standard InChI is InChI=1S/C26H33ClN4O5/c1-3-4-11-20(22(32)23(33)29-18(2)19-9-6-5-7-10-19)31(25(34)35)16-26(13-8-14-26)17-36-21-12-15-28-24(27)30-21/h5-7,9-10,12,15,18,20H,3-4,8,11,13-14,16-17H2,1-2H3,(H,29,33)(H,34,35)/t18-,20+/m1/s1. The smallest absolute Gasteiger partial charge is 0.407 e. The van der Waals surface area contributed by atoms with E-state index in [1.807, 2.05) is 37.3 Å².